The number of carbonyl (C=O) groups is 1. The average Bonchev–Trinajstić information content (AvgIpc) is 2.54. The van der Waals surface area contributed by atoms with Crippen LogP contribution in [0, 0.1) is 6.92 Å². The van der Waals surface area contributed by atoms with Crippen molar-refractivity contribution < 1.29 is 4.79 Å². The van der Waals surface area contributed by atoms with E-state index in [-0.39, 0.29) is 18.3 Å². The minimum Gasteiger partial charge on any atom is -0.322 e. The number of carbonyl (C=O) groups excluding carboxylic acids is 1. The topological polar surface area (TPSA) is 66.9 Å². The van der Waals surface area contributed by atoms with Crippen LogP contribution in [0.4, 0.5) is 5.69 Å². The summed E-state index contributed by atoms with van der Waals surface area (Å²) in [4.78, 5) is 12.5. The summed E-state index contributed by atoms with van der Waals surface area (Å²) < 4.78 is 0. The Labute approximate surface area is 142 Å². The first-order valence-electron chi connectivity index (χ1n) is 7.64. The van der Waals surface area contributed by atoms with Gasteiger partial charge in [-0.1, -0.05) is 13.0 Å². The zero-order valence-electron chi connectivity index (χ0n) is 13.3. The third-order valence-electron chi connectivity index (χ3n) is 3.92. The highest BCUT2D eigenvalue weighted by Crippen LogP contribution is 2.20. The summed E-state index contributed by atoms with van der Waals surface area (Å²) in [6.45, 7) is 5.68. The fraction of sp³-hybridized carbons (Fsp3) is 0.353. The predicted octanol–water partition coefficient (Wildman–Crippen LogP) is 2.67. The van der Waals surface area contributed by atoms with Crippen LogP contribution < -0.4 is 10.6 Å². The van der Waals surface area contributed by atoms with E-state index in [1.54, 1.807) is 6.07 Å². The highest BCUT2D eigenvalue weighted by molar-refractivity contribution is 6.05. The Kier molecular flexibility index (Phi) is 5.69. The largest absolute Gasteiger partial charge is 0.322 e. The summed E-state index contributed by atoms with van der Waals surface area (Å²) in [5.41, 5.74) is 5.51. The van der Waals surface area contributed by atoms with E-state index in [1.165, 1.54) is 11.1 Å². The quantitative estimate of drug-likeness (QED) is 0.906. The number of amides is 1. The minimum atomic E-state index is -0.126. The third kappa shape index (κ3) is 3.86. The zero-order chi connectivity index (χ0) is 15.5. The molecule has 0 aliphatic carbocycles. The first-order valence-corrected chi connectivity index (χ1v) is 7.64. The van der Waals surface area contributed by atoms with E-state index in [4.69, 9.17) is 0 Å². The molecular weight excluding hydrogens is 312 g/mol. The molecule has 1 aliphatic rings. The summed E-state index contributed by atoms with van der Waals surface area (Å²) in [6, 6.07) is 7.91. The Bertz CT molecular complexity index is 718. The molecule has 2 N–H and O–H groups in total. The van der Waals surface area contributed by atoms with Crippen molar-refractivity contribution in [2.75, 3.05) is 11.9 Å². The molecule has 5 nitrogen and oxygen atoms in total. The summed E-state index contributed by atoms with van der Waals surface area (Å²) in [7, 11) is 0. The Hall–Kier alpha value is -1.98. The number of benzene rings is 1. The van der Waals surface area contributed by atoms with Gasteiger partial charge in [-0.05, 0) is 55.6 Å². The Morgan fingerprint density at radius 3 is 2.87 bits per heavy atom. The first-order chi connectivity index (χ1) is 10.7. The summed E-state index contributed by atoms with van der Waals surface area (Å²) in [5.74, 6) is -0.126. The van der Waals surface area contributed by atoms with Crippen LogP contribution in [0.15, 0.2) is 24.3 Å². The van der Waals surface area contributed by atoms with Crippen LogP contribution in [0.25, 0.3) is 0 Å². The monoisotopic (exact) mass is 332 g/mol. The SMILES string of the molecule is CCc1nnc(C)cc1C(=O)Nc1ccc2c(c1)CNCC2.Cl. The highest BCUT2D eigenvalue weighted by atomic mass is 35.5. The van der Waals surface area contributed by atoms with E-state index in [0.29, 0.717) is 12.0 Å². The van der Waals surface area contributed by atoms with Gasteiger partial charge in [0.25, 0.3) is 5.91 Å². The van der Waals surface area contributed by atoms with Gasteiger partial charge in [0.15, 0.2) is 0 Å². The van der Waals surface area contributed by atoms with Gasteiger partial charge in [0.1, 0.15) is 0 Å². The van der Waals surface area contributed by atoms with Gasteiger partial charge in [-0.3, -0.25) is 4.79 Å². The van der Waals surface area contributed by atoms with Crippen LogP contribution in [0.2, 0.25) is 0 Å². The average molecular weight is 333 g/mol. The van der Waals surface area contributed by atoms with Crippen LogP contribution in [0.3, 0.4) is 0 Å². The fourth-order valence-electron chi connectivity index (χ4n) is 2.73. The highest BCUT2D eigenvalue weighted by Gasteiger charge is 2.14. The van der Waals surface area contributed by atoms with Gasteiger partial charge in [-0.25, -0.2) is 0 Å². The van der Waals surface area contributed by atoms with Gasteiger partial charge >= 0.3 is 0 Å². The Morgan fingerprint density at radius 1 is 1.26 bits per heavy atom. The van der Waals surface area contributed by atoms with Crippen molar-refractivity contribution in [3.63, 3.8) is 0 Å². The maximum absolute atomic E-state index is 12.5. The van der Waals surface area contributed by atoms with Crippen molar-refractivity contribution in [1.29, 1.82) is 0 Å². The second-order valence-corrected chi connectivity index (χ2v) is 5.56. The number of fused-ring (bicyclic) bond motifs is 1. The number of halogens is 1. The number of rotatable bonds is 3. The van der Waals surface area contributed by atoms with Gasteiger partial charge in [0, 0.05) is 12.2 Å². The van der Waals surface area contributed by atoms with Crippen molar-refractivity contribution in [1.82, 2.24) is 15.5 Å². The van der Waals surface area contributed by atoms with Crippen molar-refractivity contribution in [3.05, 3.63) is 52.3 Å². The number of nitrogens with one attached hydrogen (secondary N) is 2. The van der Waals surface area contributed by atoms with Crippen LogP contribution in [-0.4, -0.2) is 22.6 Å². The molecule has 1 aliphatic heterocycles. The zero-order valence-corrected chi connectivity index (χ0v) is 14.2. The van der Waals surface area contributed by atoms with E-state index in [9.17, 15) is 4.79 Å². The standard InChI is InChI=1S/C17H20N4O.ClH/c1-3-16-15(8-11(2)20-21-16)17(22)19-14-5-4-12-6-7-18-10-13(12)9-14;/h4-5,8-9,18H,3,6-7,10H2,1-2H3,(H,19,22);1H. The van der Waals surface area contributed by atoms with E-state index < -0.39 is 0 Å². The summed E-state index contributed by atoms with van der Waals surface area (Å²) in [6.07, 6.45) is 1.72. The molecule has 0 atom stereocenters. The van der Waals surface area contributed by atoms with Gasteiger partial charge in [0.05, 0.1) is 17.0 Å². The summed E-state index contributed by atoms with van der Waals surface area (Å²) in [5, 5.41) is 14.5. The predicted molar refractivity (Wildman–Crippen MR) is 93.2 cm³/mol. The molecule has 0 spiro atoms. The maximum atomic E-state index is 12.5. The molecular formula is C17H21ClN4O. The van der Waals surface area contributed by atoms with Crippen molar-refractivity contribution in [2.24, 2.45) is 0 Å². The van der Waals surface area contributed by atoms with Crippen LogP contribution in [0.5, 0.6) is 0 Å². The van der Waals surface area contributed by atoms with E-state index >= 15 is 0 Å². The molecule has 23 heavy (non-hydrogen) atoms. The van der Waals surface area contributed by atoms with Crippen LogP contribution in [-0.2, 0) is 19.4 Å². The molecule has 2 heterocycles. The molecule has 0 saturated carbocycles. The van der Waals surface area contributed by atoms with Gasteiger partial charge < -0.3 is 10.6 Å². The van der Waals surface area contributed by atoms with Gasteiger partial charge in [-0.15, -0.1) is 12.4 Å². The van der Waals surface area contributed by atoms with Gasteiger partial charge in [-0.2, -0.15) is 10.2 Å². The number of aromatic nitrogens is 2. The lowest BCUT2D eigenvalue weighted by molar-refractivity contribution is 0.102. The van der Waals surface area contributed by atoms with Crippen molar-refractivity contribution in [2.45, 2.75) is 33.2 Å². The molecule has 3 rings (SSSR count). The molecule has 0 unspecified atom stereocenters. The number of hydrogen-bond acceptors (Lipinski definition) is 4. The Balaban J connectivity index is 0.00000192. The Morgan fingerprint density at radius 2 is 2.09 bits per heavy atom. The molecule has 1 aromatic carbocycles. The lowest BCUT2D eigenvalue weighted by Crippen LogP contribution is -2.24. The molecule has 1 aromatic heterocycles. The second kappa shape index (κ2) is 7.53. The first kappa shape index (κ1) is 17.4. The molecule has 0 bridgehead atoms. The molecule has 2 aromatic rings. The van der Waals surface area contributed by atoms with Gasteiger partial charge in [0.2, 0.25) is 0 Å². The minimum absolute atomic E-state index is 0. The molecule has 0 radical (unpaired) electrons. The van der Waals surface area contributed by atoms with Crippen molar-refractivity contribution >= 4 is 24.0 Å². The normalized spacial score (nSPS) is 13.0. The van der Waals surface area contributed by atoms with Crippen molar-refractivity contribution in [3.8, 4) is 0 Å². The molecule has 0 fully saturated rings. The van der Waals surface area contributed by atoms with E-state index in [2.05, 4.69) is 26.9 Å². The van der Waals surface area contributed by atoms with Crippen LogP contribution >= 0.6 is 12.4 Å². The molecule has 6 heteroatoms. The maximum Gasteiger partial charge on any atom is 0.257 e. The number of aryl methyl sites for hydroxylation is 2. The number of hydrogen-bond donors (Lipinski definition) is 2. The van der Waals surface area contributed by atoms with E-state index in [1.807, 2.05) is 26.0 Å². The second-order valence-electron chi connectivity index (χ2n) is 5.56. The number of anilines is 1. The summed E-state index contributed by atoms with van der Waals surface area (Å²) >= 11 is 0. The fourth-order valence-corrected chi connectivity index (χ4v) is 2.73. The third-order valence-corrected chi connectivity index (χ3v) is 3.92. The smallest absolute Gasteiger partial charge is 0.257 e. The van der Waals surface area contributed by atoms with E-state index in [0.717, 1.165) is 36.6 Å². The molecule has 0 saturated heterocycles. The lowest BCUT2D eigenvalue weighted by atomic mass is 10.0. The van der Waals surface area contributed by atoms with Crippen LogP contribution in [0.1, 0.15) is 39.8 Å². The lowest BCUT2D eigenvalue weighted by Gasteiger charge is -2.18. The number of nitrogens with zero attached hydrogens (tertiary/aromatic N) is 2. The molecule has 122 valence electrons. The molecule has 1 amide bonds.